The lowest BCUT2D eigenvalue weighted by Crippen LogP contribution is -2.25. The number of fused-ring (bicyclic) bond motifs is 1. The number of thioether (sulfide) groups is 1. The minimum Gasteiger partial charge on any atom is -0.481 e. The first-order valence-electron chi connectivity index (χ1n) is 6.60. The largest absolute Gasteiger partial charge is 0.481 e. The normalized spacial score (nSPS) is 27.8. The third kappa shape index (κ3) is 2.28. The highest BCUT2D eigenvalue weighted by atomic mass is 32.2. The summed E-state index contributed by atoms with van der Waals surface area (Å²) >= 11 is 2.01. The van der Waals surface area contributed by atoms with Crippen LogP contribution in [0.3, 0.4) is 0 Å². The standard InChI is InChI=1S/C13H18N2O2S/c16-13(17)9-3-4-15-7-11(14-12(15)6-9)10-2-1-5-18-8-10/h7,9-10H,1-6,8H2,(H,16,17). The van der Waals surface area contributed by atoms with Crippen molar-refractivity contribution in [2.24, 2.45) is 5.92 Å². The Morgan fingerprint density at radius 2 is 2.39 bits per heavy atom. The van der Waals surface area contributed by atoms with Crippen molar-refractivity contribution in [3.63, 3.8) is 0 Å². The van der Waals surface area contributed by atoms with Gasteiger partial charge in [-0.05, 0) is 25.0 Å². The predicted molar refractivity (Wildman–Crippen MR) is 71.0 cm³/mol. The lowest BCUT2D eigenvalue weighted by atomic mass is 9.98. The number of carboxylic acids is 1. The van der Waals surface area contributed by atoms with E-state index in [-0.39, 0.29) is 5.92 Å². The Balaban J connectivity index is 1.78. The summed E-state index contributed by atoms with van der Waals surface area (Å²) < 4.78 is 2.16. The monoisotopic (exact) mass is 266 g/mol. The molecular formula is C13H18N2O2S. The first-order chi connectivity index (χ1) is 8.74. The first kappa shape index (κ1) is 12.1. The zero-order chi connectivity index (χ0) is 12.5. The molecule has 1 saturated heterocycles. The van der Waals surface area contributed by atoms with E-state index in [1.807, 2.05) is 11.8 Å². The van der Waals surface area contributed by atoms with Gasteiger partial charge in [-0.3, -0.25) is 4.79 Å². The molecule has 3 rings (SSSR count). The number of rotatable bonds is 2. The fraction of sp³-hybridized carbons (Fsp3) is 0.692. The van der Waals surface area contributed by atoms with Gasteiger partial charge in [-0.15, -0.1) is 0 Å². The molecule has 0 spiro atoms. The molecule has 0 aliphatic carbocycles. The third-order valence-electron chi connectivity index (χ3n) is 3.95. The Morgan fingerprint density at radius 3 is 3.11 bits per heavy atom. The van der Waals surface area contributed by atoms with E-state index in [4.69, 9.17) is 10.1 Å². The summed E-state index contributed by atoms with van der Waals surface area (Å²) in [6, 6.07) is 0. The summed E-state index contributed by atoms with van der Waals surface area (Å²) in [7, 11) is 0. The number of hydrogen-bond acceptors (Lipinski definition) is 3. The van der Waals surface area contributed by atoms with Gasteiger partial charge in [0.1, 0.15) is 5.82 Å². The number of carbonyl (C=O) groups is 1. The van der Waals surface area contributed by atoms with Crippen LogP contribution in [0.5, 0.6) is 0 Å². The molecule has 0 aromatic carbocycles. The van der Waals surface area contributed by atoms with E-state index < -0.39 is 5.97 Å². The van der Waals surface area contributed by atoms with Crippen LogP contribution in [0.25, 0.3) is 0 Å². The topological polar surface area (TPSA) is 55.1 Å². The minimum atomic E-state index is -0.681. The van der Waals surface area contributed by atoms with Crippen LogP contribution in [0.15, 0.2) is 6.20 Å². The Bertz CT molecular complexity index is 452. The quantitative estimate of drug-likeness (QED) is 0.891. The van der Waals surface area contributed by atoms with Gasteiger partial charge >= 0.3 is 5.97 Å². The summed E-state index contributed by atoms with van der Waals surface area (Å²) in [4.78, 5) is 15.7. The maximum Gasteiger partial charge on any atom is 0.307 e. The summed E-state index contributed by atoms with van der Waals surface area (Å²) in [6.07, 6.45) is 5.98. The number of imidazole rings is 1. The molecule has 1 fully saturated rings. The molecule has 0 saturated carbocycles. The van der Waals surface area contributed by atoms with Gasteiger partial charge in [0.05, 0.1) is 11.6 Å². The molecule has 2 aliphatic heterocycles. The smallest absolute Gasteiger partial charge is 0.307 e. The van der Waals surface area contributed by atoms with Gasteiger partial charge in [0.15, 0.2) is 0 Å². The molecule has 0 bridgehead atoms. The van der Waals surface area contributed by atoms with Crippen molar-refractivity contribution in [2.75, 3.05) is 11.5 Å². The molecule has 2 aliphatic rings. The Kier molecular flexibility index (Phi) is 3.33. The van der Waals surface area contributed by atoms with Crippen LogP contribution in [0.1, 0.15) is 36.7 Å². The van der Waals surface area contributed by atoms with E-state index in [0.29, 0.717) is 12.3 Å². The summed E-state index contributed by atoms with van der Waals surface area (Å²) in [5.74, 6) is 3.06. The second-order valence-corrected chi connectivity index (χ2v) is 6.37. The van der Waals surface area contributed by atoms with E-state index in [9.17, 15) is 4.79 Å². The second-order valence-electron chi connectivity index (χ2n) is 5.22. The van der Waals surface area contributed by atoms with Crippen molar-refractivity contribution in [2.45, 2.75) is 38.1 Å². The molecule has 0 amide bonds. The molecule has 98 valence electrons. The molecule has 4 nitrogen and oxygen atoms in total. The van der Waals surface area contributed by atoms with Gasteiger partial charge in [0.25, 0.3) is 0 Å². The number of aliphatic carboxylic acids is 1. The number of aryl methyl sites for hydroxylation is 1. The van der Waals surface area contributed by atoms with E-state index in [1.165, 1.54) is 30.0 Å². The van der Waals surface area contributed by atoms with Crippen molar-refractivity contribution in [1.29, 1.82) is 0 Å². The van der Waals surface area contributed by atoms with Crippen LogP contribution in [0.2, 0.25) is 0 Å². The van der Waals surface area contributed by atoms with Gasteiger partial charge < -0.3 is 9.67 Å². The maximum absolute atomic E-state index is 11.0. The molecule has 1 N–H and O–H groups in total. The van der Waals surface area contributed by atoms with E-state index in [0.717, 1.165) is 18.8 Å². The van der Waals surface area contributed by atoms with Gasteiger partial charge in [0.2, 0.25) is 0 Å². The molecule has 18 heavy (non-hydrogen) atoms. The van der Waals surface area contributed by atoms with Crippen molar-refractivity contribution in [1.82, 2.24) is 9.55 Å². The molecule has 0 radical (unpaired) electrons. The molecule has 5 heteroatoms. The van der Waals surface area contributed by atoms with Gasteiger partial charge in [0, 0.05) is 30.8 Å². The van der Waals surface area contributed by atoms with Crippen LogP contribution in [0, 0.1) is 5.92 Å². The Labute approximate surface area is 111 Å². The lowest BCUT2D eigenvalue weighted by molar-refractivity contribution is -0.142. The van der Waals surface area contributed by atoms with E-state index in [1.54, 1.807) is 0 Å². The van der Waals surface area contributed by atoms with Crippen molar-refractivity contribution < 1.29 is 9.90 Å². The fourth-order valence-corrected chi connectivity index (χ4v) is 3.99. The van der Waals surface area contributed by atoms with Crippen LogP contribution in [-0.4, -0.2) is 32.1 Å². The van der Waals surface area contributed by atoms with Crippen LogP contribution >= 0.6 is 11.8 Å². The number of hydrogen-bond donors (Lipinski definition) is 1. The number of carboxylic acid groups (broad SMARTS) is 1. The van der Waals surface area contributed by atoms with Crippen LogP contribution in [0.4, 0.5) is 0 Å². The predicted octanol–water partition coefficient (Wildman–Crippen LogP) is 2.14. The molecule has 2 atom stereocenters. The Morgan fingerprint density at radius 1 is 1.50 bits per heavy atom. The minimum absolute atomic E-state index is 0.242. The second kappa shape index (κ2) is 4.96. The zero-order valence-corrected chi connectivity index (χ0v) is 11.2. The summed E-state index contributed by atoms with van der Waals surface area (Å²) in [5, 5.41) is 9.08. The molecule has 1 aromatic rings. The summed E-state index contributed by atoms with van der Waals surface area (Å²) in [5.41, 5.74) is 1.18. The molecule has 1 aromatic heterocycles. The number of aromatic nitrogens is 2. The molecular weight excluding hydrogens is 248 g/mol. The van der Waals surface area contributed by atoms with Crippen molar-refractivity contribution >= 4 is 17.7 Å². The van der Waals surface area contributed by atoms with Crippen molar-refractivity contribution in [3.05, 3.63) is 17.7 Å². The van der Waals surface area contributed by atoms with E-state index >= 15 is 0 Å². The summed E-state index contributed by atoms with van der Waals surface area (Å²) in [6.45, 7) is 0.805. The maximum atomic E-state index is 11.0. The van der Waals surface area contributed by atoms with Gasteiger partial charge in [-0.1, -0.05) is 0 Å². The average Bonchev–Trinajstić information content (AvgIpc) is 2.82. The SMILES string of the molecule is O=C(O)C1CCn2cc(C3CCCSC3)nc2C1. The van der Waals surface area contributed by atoms with Gasteiger partial charge in [-0.2, -0.15) is 11.8 Å². The third-order valence-corrected chi connectivity index (χ3v) is 5.17. The first-order valence-corrected chi connectivity index (χ1v) is 7.76. The highest BCUT2D eigenvalue weighted by molar-refractivity contribution is 7.99. The van der Waals surface area contributed by atoms with Crippen LogP contribution < -0.4 is 0 Å². The van der Waals surface area contributed by atoms with Crippen molar-refractivity contribution in [3.8, 4) is 0 Å². The fourth-order valence-electron chi connectivity index (χ4n) is 2.83. The molecule has 2 unspecified atom stereocenters. The number of nitrogens with zero attached hydrogens (tertiary/aromatic N) is 2. The highest BCUT2D eigenvalue weighted by Gasteiger charge is 2.27. The average molecular weight is 266 g/mol. The zero-order valence-electron chi connectivity index (χ0n) is 10.3. The van der Waals surface area contributed by atoms with Crippen LogP contribution in [-0.2, 0) is 17.8 Å². The Hall–Kier alpha value is -0.970. The lowest BCUT2D eigenvalue weighted by Gasteiger charge is -2.19. The highest BCUT2D eigenvalue weighted by Crippen LogP contribution is 2.32. The van der Waals surface area contributed by atoms with Gasteiger partial charge in [-0.25, -0.2) is 4.98 Å². The molecule has 3 heterocycles. The van der Waals surface area contributed by atoms with E-state index in [2.05, 4.69) is 10.8 Å².